The number of rotatable bonds is 13. The van der Waals surface area contributed by atoms with Gasteiger partial charge >= 0.3 is 0 Å². The summed E-state index contributed by atoms with van der Waals surface area (Å²) in [5.74, 6) is 2.17. The number of ether oxygens (including phenoxy) is 3. The highest BCUT2D eigenvalue weighted by Crippen LogP contribution is 2.15. The van der Waals surface area contributed by atoms with Crippen molar-refractivity contribution in [2.24, 2.45) is 4.99 Å². The quantitative estimate of drug-likeness (QED) is 0.308. The van der Waals surface area contributed by atoms with Gasteiger partial charge in [-0.3, -0.25) is 0 Å². The SMILES string of the molecule is CCNC(=NCc1cccnc1OCCOC)NCCCOCc1ccco1. The highest BCUT2D eigenvalue weighted by molar-refractivity contribution is 5.79. The Morgan fingerprint density at radius 3 is 2.89 bits per heavy atom. The van der Waals surface area contributed by atoms with Crippen LogP contribution in [0.5, 0.6) is 5.88 Å². The molecule has 0 fully saturated rings. The third-order valence-electron chi connectivity index (χ3n) is 3.71. The lowest BCUT2D eigenvalue weighted by Gasteiger charge is -2.12. The zero-order valence-corrected chi connectivity index (χ0v) is 16.6. The lowest BCUT2D eigenvalue weighted by Crippen LogP contribution is -2.38. The van der Waals surface area contributed by atoms with Crippen molar-refractivity contribution in [3.8, 4) is 5.88 Å². The standard InChI is InChI=1S/C20H30N4O4/c1-3-21-20(23-10-6-11-26-16-18-8-5-12-27-18)24-15-17-7-4-9-22-19(17)28-14-13-25-2/h4-5,7-9,12H,3,6,10-11,13-16H2,1-2H3,(H2,21,23,24). The topological polar surface area (TPSA) is 90.1 Å². The van der Waals surface area contributed by atoms with Crippen molar-refractivity contribution >= 4 is 5.96 Å². The molecule has 2 aromatic rings. The molecule has 0 aliphatic rings. The molecule has 0 unspecified atom stereocenters. The second kappa shape index (κ2) is 13.6. The van der Waals surface area contributed by atoms with Crippen LogP contribution in [0.25, 0.3) is 0 Å². The summed E-state index contributed by atoms with van der Waals surface area (Å²) in [5, 5.41) is 6.55. The molecule has 0 saturated carbocycles. The number of guanidine groups is 1. The molecule has 0 aliphatic carbocycles. The van der Waals surface area contributed by atoms with Gasteiger partial charge in [0.25, 0.3) is 0 Å². The van der Waals surface area contributed by atoms with Crippen molar-refractivity contribution in [2.45, 2.75) is 26.5 Å². The zero-order chi connectivity index (χ0) is 19.9. The summed E-state index contributed by atoms with van der Waals surface area (Å²) in [7, 11) is 1.64. The van der Waals surface area contributed by atoms with Crippen molar-refractivity contribution in [1.29, 1.82) is 0 Å². The first kappa shape index (κ1) is 21.7. The molecule has 0 amide bonds. The Hall–Kier alpha value is -2.58. The lowest BCUT2D eigenvalue weighted by molar-refractivity contribution is 0.105. The lowest BCUT2D eigenvalue weighted by atomic mass is 10.3. The number of furan rings is 1. The molecule has 2 N–H and O–H groups in total. The van der Waals surface area contributed by atoms with Crippen LogP contribution in [0.15, 0.2) is 46.1 Å². The maximum absolute atomic E-state index is 5.66. The highest BCUT2D eigenvalue weighted by Gasteiger charge is 2.05. The van der Waals surface area contributed by atoms with Crippen LogP contribution in [0.1, 0.15) is 24.7 Å². The Balaban J connectivity index is 1.75. The van der Waals surface area contributed by atoms with E-state index in [4.69, 9.17) is 18.6 Å². The molecule has 0 aromatic carbocycles. The summed E-state index contributed by atoms with van der Waals surface area (Å²) >= 11 is 0. The van der Waals surface area contributed by atoms with Crippen LogP contribution in [0, 0.1) is 0 Å². The summed E-state index contributed by atoms with van der Waals surface area (Å²) < 4.78 is 21.5. The molecule has 0 bridgehead atoms. The van der Waals surface area contributed by atoms with Gasteiger partial charge in [0.1, 0.15) is 19.0 Å². The number of nitrogens with one attached hydrogen (secondary N) is 2. The fourth-order valence-electron chi connectivity index (χ4n) is 2.35. The minimum atomic E-state index is 0.459. The molecule has 2 heterocycles. The Bertz CT molecular complexity index is 677. The molecule has 0 aliphatic heterocycles. The zero-order valence-electron chi connectivity index (χ0n) is 16.6. The van der Waals surface area contributed by atoms with Crippen molar-refractivity contribution in [2.75, 3.05) is 40.0 Å². The molecule has 0 atom stereocenters. The molecule has 0 spiro atoms. The van der Waals surface area contributed by atoms with E-state index in [2.05, 4.69) is 20.6 Å². The second-order valence-electron chi connectivity index (χ2n) is 5.92. The van der Waals surface area contributed by atoms with E-state index in [9.17, 15) is 0 Å². The number of pyridine rings is 1. The van der Waals surface area contributed by atoms with Crippen molar-refractivity contribution < 1.29 is 18.6 Å². The molecular weight excluding hydrogens is 360 g/mol. The average Bonchev–Trinajstić information content (AvgIpc) is 3.23. The second-order valence-corrected chi connectivity index (χ2v) is 5.92. The largest absolute Gasteiger partial charge is 0.475 e. The molecule has 0 saturated heterocycles. The van der Waals surface area contributed by atoms with Gasteiger partial charge in [-0.15, -0.1) is 0 Å². The number of aromatic nitrogens is 1. The highest BCUT2D eigenvalue weighted by atomic mass is 16.5. The normalized spacial score (nSPS) is 11.4. The van der Waals surface area contributed by atoms with Crippen LogP contribution in [0.3, 0.4) is 0 Å². The fraction of sp³-hybridized carbons (Fsp3) is 0.500. The Morgan fingerprint density at radius 2 is 2.11 bits per heavy atom. The van der Waals surface area contributed by atoms with Gasteiger partial charge in [-0.2, -0.15) is 0 Å². The molecule has 154 valence electrons. The van der Waals surface area contributed by atoms with E-state index in [0.717, 1.165) is 36.8 Å². The first-order valence-corrected chi connectivity index (χ1v) is 9.51. The van der Waals surface area contributed by atoms with Gasteiger partial charge in [0.2, 0.25) is 5.88 Å². The van der Waals surface area contributed by atoms with Crippen LogP contribution in [0.2, 0.25) is 0 Å². The summed E-state index contributed by atoms with van der Waals surface area (Å²) in [6.07, 6.45) is 4.22. The van der Waals surface area contributed by atoms with Crippen LogP contribution >= 0.6 is 0 Å². The van der Waals surface area contributed by atoms with Crippen LogP contribution in [-0.4, -0.2) is 51.0 Å². The van der Waals surface area contributed by atoms with Crippen molar-refractivity contribution in [1.82, 2.24) is 15.6 Å². The first-order chi connectivity index (χ1) is 13.8. The monoisotopic (exact) mass is 390 g/mol. The predicted molar refractivity (Wildman–Crippen MR) is 107 cm³/mol. The van der Waals surface area contributed by atoms with Crippen LogP contribution in [-0.2, 0) is 22.6 Å². The van der Waals surface area contributed by atoms with E-state index in [-0.39, 0.29) is 0 Å². The third-order valence-corrected chi connectivity index (χ3v) is 3.71. The number of hydrogen-bond donors (Lipinski definition) is 2. The van der Waals surface area contributed by atoms with E-state index in [1.165, 1.54) is 0 Å². The molecule has 28 heavy (non-hydrogen) atoms. The van der Waals surface area contributed by atoms with Gasteiger partial charge in [-0.25, -0.2) is 9.98 Å². The fourth-order valence-corrected chi connectivity index (χ4v) is 2.35. The van der Waals surface area contributed by atoms with E-state index >= 15 is 0 Å². The summed E-state index contributed by atoms with van der Waals surface area (Å²) in [5.41, 5.74) is 0.928. The van der Waals surface area contributed by atoms with Gasteiger partial charge in [-0.05, 0) is 31.5 Å². The Morgan fingerprint density at radius 1 is 1.18 bits per heavy atom. The average molecular weight is 390 g/mol. The molecular formula is C20H30N4O4. The van der Waals surface area contributed by atoms with Gasteiger partial charge < -0.3 is 29.3 Å². The number of hydrogen-bond acceptors (Lipinski definition) is 6. The van der Waals surface area contributed by atoms with Crippen LogP contribution in [0.4, 0.5) is 0 Å². The first-order valence-electron chi connectivity index (χ1n) is 9.51. The third kappa shape index (κ3) is 8.41. The molecule has 8 nitrogen and oxygen atoms in total. The summed E-state index contributed by atoms with van der Waals surface area (Å²) in [6, 6.07) is 7.60. The minimum Gasteiger partial charge on any atom is -0.475 e. The molecule has 8 heteroatoms. The Labute approximate surface area is 166 Å². The van der Waals surface area contributed by atoms with Gasteiger partial charge in [-0.1, -0.05) is 6.07 Å². The predicted octanol–water partition coefficient (Wildman–Crippen LogP) is 2.36. The molecule has 0 radical (unpaired) electrons. The molecule has 2 rings (SSSR count). The van der Waals surface area contributed by atoms with E-state index < -0.39 is 0 Å². The number of methoxy groups -OCH3 is 1. The summed E-state index contributed by atoms with van der Waals surface area (Å²) in [4.78, 5) is 8.90. The number of nitrogens with zero attached hydrogens (tertiary/aromatic N) is 2. The van der Waals surface area contributed by atoms with Crippen molar-refractivity contribution in [3.63, 3.8) is 0 Å². The van der Waals surface area contributed by atoms with Crippen molar-refractivity contribution in [3.05, 3.63) is 48.0 Å². The summed E-state index contributed by atoms with van der Waals surface area (Å²) in [6.45, 7) is 6.17. The van der Waals surface area contributed by atoms with Gasteiger partial charge in [0.05, 0.1) is 19.4 Å². The van der Waals surface area contributed by atoms with E-state index in [1.54, 1.807) is 19.6 Å². The van der Waals surface area contributed by atoms with E-state index in [1.807, 2.05) is 31.2 Å². The maximum Gasteiger partial charge on any atom is 0.218 e. The van der Waals surface area contributed by atoms with Crippen LogP contribution < -0.4 is 15.4 Å². The molecule has 2 aromatic heterocycles. The van der Waals surface area contributed by atoms with E-state index in [0.29, 0.717) is 38.9 Å². The number of aliphatic imine (C=N–C) groups is 1. The maximum atomic E-state index is 5.66. The minimum absolute atomic E-state index is 0.459. The smallest absolute Gasteiger partial charge is 0.218 e. The Kier molecular flexibility index (Phi) is 10.5. The van der Waals surface area contributed by atoms with Gasteiger partial charge in [0.15, 0.2) is 5.96 Å². The van der Waals surface area contributed by atoms with Gasteiger partial charge in [0, 0.05) is 38.6 Å².